The van der Waals surface area contributed by atoms with Gasteiger partial charge >= 0.3 is 0 Å². The number of piperidine rings is 2. The van der Waals surface area contributed by atoms with Crippen LogP contribution < -0.4 is 10.2 Å². The zero-order valence-corrected chi connectivity index (χ0v) is 17.6. The molecule has 2 aromatic rings. The lowest BCUT2D eigenvalue weighted by Crippen LogP contribution is -2.40. The number of carbonyl (C=O) groups excluding carboxylic acids is 1. The summed E-state index contributed by atoms with van der Waals surface area (Å²) in [5.41, 5.74) is 3.23. The van der Waals surface area contributed by atoms with Gasteiger partial charge in [-0.1, -0.05) is 25.1 Å². The molecule has 5 heteroatoms. The Labute approximate surface area is 174 Å². The Bertz CT molecular complexity index is 827. The molecule has 1 N–H and O–H groups in total. The first-order valence-electron chi connectivity index (χ1n) is 10.9. The van der Waals surface area contributed by atoms with Crippen LogP contribution in [0.15, 0.2) is 42.6 Å². The molecule has 2 aliphatic rings. The van der Waals surface area contributed by atoms with Gasteiger partial charge in [0.2, 0.25) is 0 Å². The maximum Gasteiger partial charge on any atom is 0.255 e. The van der Waals surface area contributed by atoms with E-state index >= 15 is 0 Å². The molecule has 29 heavy (non-hydrogen) atoms. The van der Waals surface area contributed by atoms with Crippen molar-refractivity contribution in [3.63, 3.8) is 0 Å². The minimum Gasteiger partial charge on any atom is -0.382 e. The second-order valence-corrected chi connectivity index (χ2v) is 8.62. The van der Waals surface area contributed by atoms with E-state index in [0.29, 0.717) is 17.5 Å². The summed E-state index contributed by atoms with van der Waals surface area (Å²) < 4.78 is 0. The van der Waals surface area contributed by atoms with Crippen LogP contribution in [0.1, 0.15) is 48.5 Å². The number of para-hydroxylation sites is 1. The van der Waals surface area contributed by atoms with E-state index in [0.717, 1.165) is 51.3 Å². The van der Waals surface area contributed by atoms with Crippen molar-refractivity contribution < 1.29 is 4.79 Å². The minimum absolute atomic E-state index is 0.122. The quantitative estimate of drug-likeness (QED) is 0.841. The molecule has 1 aromatic heterocycles. The average Bonchev–Trinajstić information content (AvgIpc) is 2.75. The molecule has 0 radical (unpaired) electrons. The van der Waals surface area contributed by atoms with Gasteiger partial charge < -0.3 is 15.1 Å². The molecule has 154 valence electrons. The van der Waals surface area contributed by atoms with Crippen LogP contribution in [0.5, 0.6) is 0 Å². The lowest BCUT2D eigenvalue weighted by atomic mass is 10.00. The number of likely N-dealkylation sites (tertiary alicyclic amines) is 1. The van der Waals surface area contributed by atoms with E-state index in [2.05, 4.69) is 53.3 Å². The fraction of sp³-hybridized carbons (Fsp3) is 0.500. The molecular formula is C24H32N4O. The van der Waals surface area contributed by atoms with Crippen molar-refractivity contribution in [2.24, 2.45) is 5.92 Å². The van der Waals surface area contributed by atoms with Crippen LogP contribution in [0.4, 0.5) is 11.5 Å². The normalized spacial score (nSPS) is 20.6. The van der Waals surface area contributed by atoms with E-state index < -0.39 is 0 Å². The van der Waals surface area contributed by atoms with Gasteiger partial charge in [-0.25, -0.2) is 4.98 Å². The smallest absolute Gasteiger partial charge is 0.255 e. The summed E-state index contributed by atoms with van der Waals surface area (Å²) in [6, 6.07) is 12.9. The van der Waals surface area contributed by atoms with E-state index in [4.69, 9.17) is 0 Å². The zero-order chi connectivity index (χ0) is 20.2. The molecule has 1 aromatic carbocycles. The fourth-order valence-corrected chi connectivity index (χ4v) is 4.46. The van der Waals surface area contributed by atoms with Gasteiger partial charge in [0.05, 0.1) is 5.56 Å². The minimum atomic E-state index is 0.122. The Morgan fingerprint density at radius 2 is 1.86 bits per heavy atom. The Kier molecular flexibility index (Phi) is 6.02. The first-order valence-corrected chi connectivity index (χ1v) is 10.9. The summed E-state index contributed by atoms with van der Waals surface area (Å²) in [5, 5.41) is 3.69. The summed E-state index contributed by atoms with van der Waals surface area (Å²) in [6.45, 7) is 8.06. The lowest BCUT2D eigenvalue weighted by Gasteiger charge is -2.34. The Morgan fingerprint density at radius 1 is 1.07 bits per heavy atom. The highest BCUT2D eigenvalue weighted by Crippen LogP contribution is 2.23. The summed E-state index contributed by atoms with van der Waals surface area (Å²) >= 11 is 0. The highest BCUT2D eigenvalue weighted by Gasteiger charge is 2.23. The Morgan fingerprint density at radius 3 is 2.55 bits per heavy atom. The first-order chi connectivity index (χ1) is 14.1. The van der Waals surface area contributed by atoms with Crippen LogP contribution in [0.25, 0.3) is 0 Å². The molecule has 1 amide bonds. The molecule has 3 heterocycles. The van der Waals surface area contributed by atoms with E-state index in [1.165, 1.54) is 17.7 Å². The average molecular weight is 393 g/mol. The van der Waals surface area contributed by atoms with Crippen molar-refractivity contribution >= 4 is 17.4 Å². The molecule has 0 unspecified atom stereocenters. The number of nitrogens with one attached hydrogen (secondary N) is 1. The van der Waals surface area contributed by atoms with E-state index in [1.54, 1.807) is 6.20 Å². The number of benzene rings is 1. The van der Waals surface area contributed by atoms with Crippen LogP contribution in [0.3, 0.4) is 0 Å². The number of aromatic nitrogens is 1. The molecule has 2 aliphatic heterocycles. The number of aryl methyl sites for hydroxylation is 1. The van der Waals surface area contributed by atoms with Crippen molar-refractivity contribution in [1.29, 1.82) is 0 Å². The van der Waals surface area contributed by atoms with Gasteiger partial charge in [-0.15, -0.1) is 0 Å². The third kappa shape index (κ3) is 4.72. The standard InChI is InChI=1S/C24H32N4O/c1-18-6-5-13-28(17-18)24(29)20-9-10-23(25-16-20)27-14-11-21(12-15-27)26-22-8-4-3-7-19(22)2/h3-4,7-10,16,18,21,26H,5-6,11-15,17H2,1-2H3/t18-/m0/s1. The van der Waals surface area contributed by atoms with Crippen molar-refractivity contribution in [1.82, 2.24) is 9.88 Å². The van der Waals surface area contributed by atoms with E-state index in [9.17, 15) is 4.79 Å². The molecule has 0 aliphatic carbocycles. The molecule has 5 nitrogen and oxygen atoms in total. The maximum absolute atomic E-state index is 12.7. The van der Waals surface area contributed by atoms with Gasteiger partial charge in [-0.3, -0.25) is 4.79 Å². The van der Waals surface area contributed by atoms with Gasteiger partial charge in [0.15, 0.2) is 0 Å². The molecule has 0 spiro atoms. The molecule has 1 atom stereocenters. The highest BCUT2D eigenvalue weighted by atomic mass is 16.2. The second-order valence-electron chi connectivity index (χ2n) is 8.62. The van der Waals surface area contributed by atoms with Gasteiger partial charge in [-0.2, -0.15) is 0 Å². The van der Waals surface area contributed by atoms with Gasteiger partial charge in [-0.05, 0) is 62.3 Å². The number of hydrogen-bond donors (Lipinski definition) is 1. The predicted octanol–water partition coefficient (Wildman–Crippen LogP) is 4.34. The van der Waals surface area contributed by atoms with Crippen LogP contribution in [-0.4, -0.2) is 48.0 Å². The Balaban J connectivity index is 1.32. The molecule has 2 fully saturated rings. The lowest BCUT2D eigenvalue weighted by molar-refractivity contribution is 0.0682. The van der Waals surface area contributed by atoms with Crippen molar-refractivity contribution in [2.75, 3.05) is 36.4 Å². The number of carbonyl (C=O) groups is 1. The van der Waals surface area contributed by atoms with Crippen molar-refractivity contribution in [3.05, 3.63) is 53.7 Å². The molecule has 2 saturated heterocycles. The predicted molar refractivity (Wildman–Crippen MR) is 119 cm³/mol. The second kappa shape index (κ2) is 8.85. The summed E-state index contributed by atoms with van der Waals surface area (Å²) in [6.07, 6.45) is 6.25. The fourth-order valence-electron chi connectivity index (χ4n) is 4.46. The number of rotatable bonds is 4. The number of nitrogens with zero attached hydrogens (tertiary/aromatic N) is 3. The molecular weight excluding hydrogens is 360 g/mol. The molecule has 0 saturated carbocycles. The van der Waals surface area contributed by atoms with Gasteiger partial charge in [0.1, 0.15) is 5.82 Å². The van der Waals surface area contributed by atoms with Gasteiger partial charge in [0.25, 0.3) is 5.91 Å². The van der Waals surface area contributed by atoms with Crippen molar-refractivity contribution in [2.45, 2.75) is 45.6 Å². The topological polar surface area (TPSA) is 48.5 Å². The largest absolute Gasteiger partial charge is 0.382 e. The zero-order valence-electron chi connectivity index (χ0n) is 17.6. The number of amides is 1. The molecule has 0 bridgehead atoms. The van der Waals surface area contributed by atoms with Crippen LogP contribution in [-0.2, 0) is 0 Å². The van der Waals surface area contributed by atoms with Crippen LogP contribution in [0, 0.1) is 12.8 Å². The van der Waals surface area contributed by atoms with Crippen molar-refractivity contribution in [3.8, 4) is 0 Å². The number of anilines is 2. The number of hydrogen-bond acceptors (Lipinski definition) is 4. The Hall–Kier alpha value is -2.56. The number of pyridine rings is 1. The SMILES string of the molecule is Cc1ccccc1NC1CCN(c2ccc(C(=O)N3CCC[C@H](C)C3)cn2)CC1. The van der Waals surface area contributed by atoms with Crippen LogP contribution >= 0.6 is 0 Å². The summed E-state index contributed by atoms with van der Waals surface area (Å²) in [7, 11) is 0. The van der Waals surface area contributed by atoms with Crippen LogP contribution in [0.2, 0.25) is 0 Å². The maximum atomic E-state index is 12.7. The molecule has 4 rings (SSSR count). The van der Waals surface area contributed by atoms with E-state index in [1.807, 2.05) is 17.0 Å². The monoisotopic (exact) mass is 392 g/mol. The summed E-state index contributed by atoms with van der Waals surface area (Å²) in [4.78, 5) is 21.7. The van der Waals surface area contributed by atoms with E-state index in [-0.39, 0.29) is 5.91 Å². The van der Waals surface area contributed by atoms with Gasteiger partial charge in [0, 0.05) is 44.1 Å². The third-order valence-corrected chi connectivity index (χ3v) is 6.26. The first kappa shape index (κ1) is 19.7. The summed E-state index contributed by atoms with van der Waals surface area (Å²) in [5.74, 6) is 1.69. The third-order valence-electron chi connectivity index (χ3n) is 6.26. The highest BCUT2D eigenvalue weighted by molar-refractivity contribution is 5.94.